The van der Waals surface area contributed by atoms with Crippen LogP contribution in [0.4, 0.5) is 14.5 Å². The Morgan fingerprint density at radius 2 is 1.86 bits per heavy atom. The molecule has 0 atom stereocenters. The molecule has 10 heteroatoms. The van der Waals surface area contributed by atoms with E-state index in [1.54, 1.807) is 18.2 Å². The van der Waals surface area contributed by atoms with Crippen molar-refractivity contribution < 1.29 is 17.2 Å². The molecule has 1 aliphatic rings. The van der Waals surface area contributed by atoms with Gasteiger partial charge in [-0.1, -0.05) is 33.6 Å². The van der Waals surface area contributed by atoms with Crippen molar-refractivity contribution >= 4 is 54.1 Å². The third-order valence-corrected chi connectivity index (χ3v) is 7.25. The largest absolute Gasteiger partial charge is 0.368 e. The molecule has 1 aliphatic heterocycles. The van der Waals surface area contributed by atoms with Gasteiger partial charge < -0.3 is 10.2 Å². The first-order valence-corrected chi connectivity index (χ1v) is 11.5. The number of aromatic nitrogens is 1. The van der Waals surface area contributed by atoms with E-state index in [1.165, 1.54) is 18.2 Å². The summed E-state index contributed by atoms with van der Waals surface area (Å²) in [6.07, 6.45) is -1.81. The van der Waals surface area contributed by atoms with Crippen molar-refractivity contribution in [3.8, 4) is 0 Å². The van der Waals surface area contributed by atoms with Crippen molar-refractivity contribution in [3.05, 3.63) is 57.7 Å². The maximum atomic E-state index is 13.9. The summed E-state index contributed by atoms with van der Waals surface area (Å²) in [7, 11) is -4.12. The molecule has 154 valence electrons. The molecule has 0 aliphatic carbocycles. The highest BCUT2D eigenvalue weighted by Crippen LogP contribution is 2.40. The Balaban J connectivity index is 2.00. The number of piperazine rings is 1. The summed E-state index contributed by atoms with van der Waals surface area (Å²) in [5.41, 5.74) is 0.473. The van der Waals surface area contributed by atoms with Crippen molar-refractivity contribution in [3.63, 3.8) is 0 Å². The third-order valence-electron chi connectivity index (χ3n) is 4.89. The predicted octanol–water partition coefficient (Wildman–Crippen LogP) is 4.64. The molecule has 2 aromatic carbocycles. The second-order valence-electron chi connectivity index (χ2n) is 6.70. The summed E-state index contributed by atoms with van der Waals surface area (Å²) in [5.74, 6) is 0. The Labute approximate surface area is 180 Å². The standard InChI is InChI=1S/C19H17BrClF2N3O2S/c20-12-8-16(25-6-4-24-5-7-25)18-15(19(22)23)11-26(17(18)9-12)29(27,28)14-3-1-2-13(21)10-14/h1-3,8-11,19,24H,4-7H2. The number of benzene rings is 2. The van der Waals surface area contributed by atoms with E-state index in [9.17, 15) is 17.2 Å². The fourth-order valence-electron chi connectivity index (χ4n) is 3.57. The van der Waals surface area contributed by atoms with Crippen molar-refractivity contribution in [2.75, 3.05) is 31.1 Å². The van der Waals surface area contributed by atoms with Crippen molar-refractivity contribution in [2.24, 2.45) is 0 Å². The lowest BCUT2D eigenvalue weighted by Crippen LogP contribution is -2.43. The molecule has 1 N–H and O–H groups in total. The van der Waals surface area contributed by atoms with E-state index < -0.39 is 16.4 Å². The first-order valence-electron chi connectivity index (χ1n) is 8.88. The number of halogens is 4. The normalized spacial score (nSPS) is 15.4. The van der Waals surface area contributed by atoms with Crippen LogP contribution in [0.5, 0.6) is 0 Å². The maximum absolute atomic E-state index is 13.9. The molecule has 1 aromatic heterocycles. The van der Waals surface area contributed by atoms with Gasteiger partial charge in [0, 0.05) is 58.5 Å². The van der Waals surface area contributed by atoms with Gasteiger partial charge in [-0.3, -0.25) is 0 Å². The topological polar surface area (TPSA) is 54.3 Å². The van der Waals surface area contributed by atoms with E-state index in [0.717, 1.165) is 23.3 Å². The van der Waals surface area contributed by atoms with Gasteiger partial charge in [-0.25, -0.2) is 21.2 Å². The molecule has 29 heavy (non-hydrogen) atoms. The second-order valence-corrected chi connectivity index (χ2v) is 9.87. The molecule has 0 saturated carbocycles. The summed E-state index contributed by atoms with van der Waals surface area (Å²) in [6.45, 7) is 2.72. The van der Waals surface area contributed by atoms with Crippen LogP contribution in [0.25, 0.3) is 10.9 Å². The molecule has 2 heterocycles. The minimum atomic E-state index is -4.12. The fourth-order valence-corrected chi connectivity index (χ4v) is 5.67. The average molecular weight is 505 g/mol. The number of anilines is 1. The monoisotopic (exact) mass is 503 g/mol. The lowest BCUT2D eigenvalue weighted by Gasteiger charge is -2.30. The van der Waals surface area contributed by atoms with Crippen molar-refractivity contribution in [1.29, 1.82) is 0 Å². The number of hydrogen-bond acceptors (Lipinski definition) is 4. The van der Waals surface area contributed by atoms with E-state index in [-0.39, 0.29) is 26.4 Å². The van der Waals surface area contributed by atoms with Gasteiger partial charge in [0.25, 0.3) is 16.4 Å². The smallest absolute Gasteiger partial charge is 0.268 e. The van der Waals surface area contributed by atoms with E-state index >= 15 is 0 Å². The fraction of sp³-hybridized carbons (Fsp3) is 0.263. The van der Waals surface area contributed by atoms with Gasteiger partial charge in [-0.15, -0.1) is 0 Å². The van der Waals surface area contributed by atoms with Gasteiger partial charge in [0.1, 0.15) is 0 Å². The highest BCUT2D eigenvalue weighted by molar-refractivity contribution is 9.10. The molecule has 1 saturated heterocycles. The SMILES string of the molecule is O=S(=O)(c1cccc(Cl)c1)n1cc(C(F)F)c2c(N3CCNCC3)cc(Br)cc21. The number of nitrogens with zero attached hydrogens (tertiary/aromatic N) is 2. The number of alkyl halides is 2. The van der Waals surface area contributed by atoms with Crippen LogP contribution in [0.3, 0.4) is 0 Å². The van der Waals surface area contributed by atoms with E-state index in [1.807, 2.05) is 4.90 Å². The number of hydrogen-bond donors (Lipinski definition) is 1. The highest BCUT2D eigenvalue weighted by atomic mass is 79.9. The summed E-state index contributed by atoms with van der Waals surface area (Å²) < 4.78 is 55.9. The van der Waals surface area contributed by atoms with E-state index in [4.69, 9.17) is 11.6 Å². The highest BCUT2D eigenvalue weighted by Gasteiger charge is 2.28. The molecule has 5 nitrogen and oxygen atoms in total. The average Bonchev–Trinajstić information content (AvgIpc) is 3.08. The van der Waals surface area contributed by atoms with Crippen molar-refractivity contribution in [2.45, 2.75) is 11.3 Å². The van der Waals surface area contributed by atoms with Gasteiger partial charge in [0.05, 0.1) is 10.4 Å². The summed E-state index contributed by atoms with van der Waals surface area (Å²) in [4.78, 5) is 1.93. The second kappa shape index (κ2) is 7.86. The third kappa shape index (κ3) is 3.76. The summed E-state index contributed by atoms with van der Waals surface area (Å²) in [5, 5.41) is 3.72. The van der Waals surface area contributed by atoms with Gasteiger partial charge in [-0.05, 0) is 30.3 Å². The molecular weight excluding hydrogens is 488 g/mol. The molecule has 4 rings (SSSR count). The molecule has 3 aromatic rings. The molecule has 0 unspecified atom stereocenters. The van der Waals surface area contributed by atoms with Crippen LogP contribution in [-0.2, 0) is 10.0 Å². The van der Waals surface area contributed by atoms with E-state index in [0.29, 0.717) is 23.2 Å². The van der Waals surface area contributed by atoms with Gasteiger partial charge >= 0.3 is 0 Å². The minimum absolute atomic E-state index is 0.0635. The first kappa shape index (κ1) is 20.6. The summed E-state index contributed by atoms with van der Waals surface area (Å²) in [6, 6.07) is 9.07. The predicted molar refractivity (Wildman–Crippen MR) is 114 cm³/mol. The van der Waals surface area contributed by atoms with Crippen LogP contribution in [0.1, 0.15) is 12.0 Å². The quantitative estimate of drug-likeness (QED) is 0.562. The van der Waals surface area contributed by atoms with Gasteiger partial charge in [0.2, 0.25) is 0 Å². The molecule has 1 fully saturated rings. The van der Waals surface area contributed by atoms with Crippen LogP contribution in [0, 0.1) is 0 Å². The Hall–Kier alpha value is -1.68. The molecule has 0 spiro atoms. The first-order chi connectivity index (χ1) is 13.8. The van der Waals surface area contributed by atoms with E-state index in [2.05, 4.69) is 21.2 Å². The molecule has 0 radical (unpaired) electrons. The Morgan fingerprint density at radius 3 is 2.52 bits per heavy atom. The van der Waals surface area contributed by atoms with Crippen LogP contribution < -0.4 is 10.2 Å². The lowest BCUT2D eigenvalue weighted by molar-refractivity contribution is 0.153. The van der Waals surface area contributed by atoms with Crippen LogP contribution >= 0.6 is 27.5 Å². The van der Waals surface area contributed by atoms with Crippen molar-refractivity contribution in [1.82, 2.24) is 9.29 Å². The zero-order valence-electron chi connectivity index (χ0n) is 15.1. The maximum Gasteiger partial charge on any atom is 0.268 e. The Morgan fingerprint density at radius 1 is 1.14 bits per heavy atom. The zero-order chi connectivity index (χ0) is 20.8. The lowest BCUT2D eigenvalue weighted by atomic mass is 10.1. The van der Waals surface area contributed by atoms with Crippen LogP contribution in [0.2, 0.25) is 5.02 Å². The molecular formula is C19H17BrClF2N3O2S. The zero-order valence-corrected chi connectivity index (χ0v) is 18.2. The number of nitrogens with one attached hydrogen (secondary N) is 1. The molecule has 0 amide bonds. The Bertz CT molecular complexity index is 1180. The van der Waals surface area contributed by atoms with Crippen LogP contribution in [0.15, 0.2) is 52.0 Å². The van der Waals surface area contributed by atoms with Crippen LogP contribution in [-0.4, -0.2) is 38.6 Å². The minimum Gasteiger partial charge on any atom is -0.368 e. The van der Waals surface area contributed by atoms with Gasteiger partial charge in [0.15, 0.2) is 0 Å². The molecule has 0 bridgehead atoms. The number of rotatable bonds is 4. The van der Waals surface area contributed by atoms with Gasteiger partial charge in [-0.2, -0.15) is 0 Å². The summed E-state index contributed by atoms with van der Waals surface area (Å²) >= 11 is 9.36. The Kier molecular flexibility index (Phi) is 5.58. The number of fused-ring (bicyclic) bond motifs is 1.